The summed E-state index contributed by atoms with van der Waals surface area (Å²) in [7, 11) is 0. The summed E-state index contributed by atoms with van der Waals surface area (Å²) in [5.41, 5.74) is 0.723. The van der Waals surface area contributed by atoms with Gasteiger partial charge in [0.05, 0.1) is 17.7 Å². The van der Waals surface area contributed by atoms with Gasteiger partial charge in [0, 0.05) is 22.2 Å². The molecule has 1 aliphatic rings. The van der Waals surface area contributed by atoms with E-state index < -0.39 is 30.1 Å². The van der Waals surface area contributed by atoms with Crippen molar-refractivity contribution in [3.05, 3.63) is 50.2 Å². The minimum atomic E-state index is -4.54. The largest absolute Gasteiger partial charge is 0.459 e. The molecule has 1 amide bonds. The van der Waals surface area contributed by atoms with Crippen molar-refractivity contribution >= 4 is 45.4 Å². The van der Waals surface area contributed by atoms with Gasteiger partial charge in [-0.3, -0.25) is 4.79 Å². The quantitative estimate of drug-likeness (QED) is 0.404. The molecule has 0 saturated carbocycles. The smallest absolute Gasteiger partial charge is 0.410 e. The van der Waals surface area contributed by atoms with E-state index in [4.69, 9.17) is 4.74 Å². The van der Waals surface area contributed by atoms with Crippen LogP contribution in [-0.4, -0.2) is 33.9 Å². The Kier molecular flexibility index (Phi) is 6.47. The Morgan fingerprint density at radius 3 is 2.68 bits per heavy atom. The van der Waals surface area contributed by atoms with E-state index in [0.717, 1.165) is 14.4 Å². The van der Waals surface area contributed by atoms with Crippen LogP contribution in [0.4, 0.5) is 24.0 Å². The highest BCUT2D eigenvalue weighted by molar-refractivity contribution is 7.16. The summed E-state index contributed by atoms with van der Waals surface area (Å²) in [6, 6.07) is 2.43. The lowest BCUT2D eigenvalue weighted by atomic mass is 10.0. The maximum Gasteiger partial charge on any atom is 0.410 e. The van der Waals surface area contributed by atoms with Gasteiger partial charge < -0.3 is 15.4 Å². The molecule has 0 spiro atoms. The van der Waals surface area contributed by atoms with Gasteiger partial charge in [0.25, 0.3) is 5.91 Å². The lowest BCUT2D eigenvalue weighted by molar-refractivity contribution is -0.173. The summed E-state index contributed by atoms with van der Waals surface area (Å²) in [5.74, 6) is -1.18. The molecule has 182 valence electrons. The number of thiophene rings is 2. The van der Waals surface area contributed by atoms with Crippen LogP contribution < -0.4 is 10.6 Å². The molecule has 7 nitrogen and oxygen atoms in total. The molecular formula is C22H23F3N4O3S2. The Labute approximate surface area is 201 Å². The number of hydrogen-bond donors (Lipinski definition) is 2. The molecule has 3 aromatic rings. The molecule has 2 N–H and O–H groups in total. The zero-order valence-electron chi connectivity index (χ0n) is 18.8. The van der Waals surface area contributed by atoms with Crippen LogP contribution in [0, 0.1) is 13.8 Å². The van der Waals surface area contributed by atoms with Crippen LogP contribution in [-0.2, 0) is 4.74 Å². The highest BCUT2D eigenvalue weighted by atomic mass is 32.1. The van der Waals surface area contributed by atoms with E-state index in [9.17, 15) is 22.8 Å². The van der Waals surface area contributed by atoms with Gasteiger partial charge in [-0.05, 0) is 44.7 Å². The van der Waals surface area contributed by atoms with Crippen molar-refractivity contribution in [3.63, 3.8) is 0 Å². The van der Waals surface area contributed by atoms with Gasteiger partial charge in [-0.1, -0.05) is 6.07 Å². The van der Waals surface area contributed by atoms with Gasteiger partial charge in [-0.25, -0.2) is 9.48 Å². The Balaban J connectivity index is 1.64. The number of carbonyl (C=O) groups is 2. The molecule has 0 saturated heterocycles. The van der Waals surface area contributed by atoms with Crippen LogP contribution in [0.1, 0.15) is 68.5 Å². The number of rotatable bonds is 5. The summed E-state index contributed by atoms with van der Waals surface area (Å²) in [6.07, 6.45) is -5.13. The SMILES string of the molecule is Cc1sc(NC(=O)c2cc3n(n2)[C@H](C(F)(F)F)C[C@H](c2cccs2)N3)c(C(=O)OC(C)C)c1C. The summed E-state index contributed by atoms with van der Waals surface area (Å²) in [4.78, 5) is 27.1. The molecule has 1 aliphatic heterocycles. The predicted molar refractivity (Wildman–Crippen MR) is 125 cm³/mol. The zero-order valence-corrected chi connectivity index (χ0v) is 20.5. The van der Waals surface area contributed by atoms with Crippen LogP contribution in [0.25, 0.3) is 0 Å². The van der Waals surface area contributed by atoms with Crippen molar-refractivity contribution in [2.45, 2.75) is 58.5 Å². The third-order valence-corrected chi connectivity index (χ3v) is 7.58. The van der Waals surface area contributed by atoms with Gasteiger partial charge in [-0.2, -0.15) is 18.3 Å². The van der Waals surface area contributed by atoms with E-state index in [0.29, 0.717) is 5.56 Å². The molecule has 2 atom stereocenters. The van der Waals surface area contributed by atoms with Crippen LogP contribution in [0.3, 0.4) is 0 Å². The third-order valence-electron chi connectivity index (χ3n) is 5.47. The number of hydrogen-bond acceptors (Lipinski definition) is 7. The van der Waals surface area contributed by atoms with Crippen molar-refractivity contribution in [1.82, 2.24) is 9.78 Å². The van der Waals surface area contributed by atoms with E-state index in [1.165, 1.54) is 28.7 Å². The zero-order chi connectivity index (χ0) is 24.8. The highest BCUT2D eigenvalue weighted by Gasteiger charge is 2.47. The Morgan fingerprint density at radius 2 is 2.06 bits per heavy atom. The lowest BCUT2D eigenvalue weighted by Crippen LogP contribution is -2.35. The van der Waals surface area contributed by atoms with Gasteiger partial charge in [0.15, 0.2) is 11.7 Å². The summed E-state index contributed by atoms with van der Waals surface area (Å²) in [6.45, 7) is 6.98. The second-order valence-electron chi connectivity index (χ2n) is 8.26. The summed E-state index contributed by atoms with van der Waals surface area (Å²) < 4.78 is 47.7. The molecule has 0 aliphatic carbocycles. The van der Waals surface area contributed by atoms with Crippen LogP contribution >= 0.6 is 22.7 Å². The first-order chi connectivity index (χ1) is 16.0. The fourth-order valence-electron chi connectivity index (χ4n) is 3.76. The highest BCUT2D eigenvalue weighted by Crippen LogP contribution is 2.44. The molecule has 0 unspecified atom stereocenters. The number of nitrogens with one attached hydrogen (secondary N) is 2. The summed E-state index contributed by atoms with van der Waals surface area (Å²) >= 11 is 2.56. The summed E-state index contributed by atoms with van der Waals surface area (Å²) in [5, 5.41) is 11.8. The van der Waals surface area contributed by atoms with Crippen LogP contribution in [0.5, 0.6) is 0 Å². The van der Waals surface area contributed by atoms with E-state index >= 15 is 0 Å². The molecule has 34 heavy (non-hydrogen) atoms. The molecule has 4 rings (SSSR count). The van der Waals surface area contributed by atoms with Gasteiger partial charge in [0.2, 0.25) is 0 Å². The van der Waals surface area contributed by atoms with Crippen molar-refractivity contribution in [1.29, 1.82) is 0 Å². The van der Waals surface area contributed by atoms with Crippen molar-refractivity contribution in [3.8, 4) is 0 Å². The molecule has 12 heteroatoms. The number of anilines is 2. The van der Waals surface area contributed by atoms with E-state index in [1.807, 2.05) is 0 Å². The topological polar surface area (TPSA) is 85.3 Å². The molecule has 4 heterocycles. The number of ether oxygens (including phenoxy) is 1. The third kappa shape index (κ3) is 4.69. The Morgan fingerprint density at radius 1 is 1.32 bits per heavy atom. The maximum atomic E-state index is 13.8. The lowest BCUT2D eigenvalue weighted by Gasteiger charge is -2.32. The van der Waals surface area contributed by atoms with E-state index in [2.05, 4.69) is 15.7 Å². The van der Waals surface area contributed by atoms with Crippen LogP contribution in [0.15, 0.2) is 23.6 Å². The fourth-order valence-corrected chi connectivity index (χ4v) is 5.60. The number of aryl methyl sites for hydroxylation is 1. The molecule has 0 fully saturated rings. The average molecular weight is 513 g/mol. The number of esters is 1. The van der Waals surface area contributed by atoms with Crippen molar-refractivity contribution in [2.75, 3.05) is 10.6 Å². The minimum Gasteiger partial charge on any atom is -0.459 e. The number of aromatic nitrogens is 2. The number of amides is 1. The molecule has 0 radical (unpaired) electrons. The molecule has 3 aromatic heterocycles. The normalized spacial score (nSPS) is 17.9. The number of alkyl halides is 3. The van der Waals surface area contributed by atoms with Crippen LogP contribution in [0.2, 0.25) is 0 Å². The number of halogens is 3. The number of fused-ring (bicyclic) bond motifs is 1. The maximum absolute atomic E-state index is 13.8. The van der Waals surface area contributed by atoms with Crippen molar-refractivity contribution in [2.24, 2.45) is 0 Å². The van der Waals surface area contributed by atoms with Gasteiger partial charge in [0.1, 0.15) is 10.8 Å². The van der Waals surface area contributed by atoms with Gasteiger partial charge in [-0.15, -0.1) is 22.7 Å². The minimum absolute atomic E-state index is 0.107. The Bertz CT molecular complexity index is 1220. The predicted octanol–water partition coefficient (Wildman–Crippen LogP) is 6.10. The second-order valence-corrected chi connectivity index (χ2v) is 10.5. The van der Waals surface area contributed by atoms with Gasteiger partial charge >= 0.3 is 12.1 Å². The first kappa shape index (κ1) is 24.3. The molecular weight excluding hydrogens is 489 g/mol. The standard InChI is InChI=1S/C22H23F3N4O3S2/c1-10(2)32-21(31)18-11(3)12(4)34-20(18)27-19(30)14-9-17-26-13(15-6-5-7-33-15)8-16(22(23,24)25)29(17)28-14/h5-7,9-10,13,16,26H,8H2,1-4H3,(H,27,30)/t13-,16+/m1/s1. The number of carbonyl (C=O) groups excluding carboxylic acids is 2. The first-order valence-corrected chi connectivity index (χ1v) is 12.2. The average Bonchev–Trinajstić information content (AvgIpc) is 3.45. The van der Waals surface area contributed by atoms with E-state index in [1.54, 1.807) is 45.2 Å². The second kappa shape index (κ2) is 9.06. The molecule has 0 aromatic carbocycles. The fraction of sp³-hybridized carbons (Fsp3) is 0.409. The number of nitrogens with zero attached hydrogens (tertiary/aromatic N) is 2. The Hall–Kier alpha value is -2.86. The van der Waals surface area contributed by atoms with Crippen molar-refractivity contribution < 1.29 is 27.5 Å². The first-order valence-electron chi connectivity index (χ1n) is 10.5. The monoisotopic (exact) mass is 512 g/mol. The van der Waals surface area contributed by atoms with E-state index in [-0.39, 0.29) is 34.6 Å². The molecule has 0 bridgehead atoms.